The summed E-state index contributed by atoms with van der Waals surface area (Å²) in [5, 5.41) is 2.73. The van der Waals surface area contributed by atoms with Gasteiger partial charge in [0.15, 0.2) is 0 Å². The lowest BCUT2D eigenvalue weighted by molar-refractivity contribution is -0.137. The topological polar surface area (TPSA) is 46.9 Å². The molecule has 3 aromatic rings. The Morgan fingerprint density at radius 2 is 1.79 bits per heavy atom. The van der Waals surface area contributed by atoms with Crippen LogP contribution in [-0.4, -0.2) is 15.5 Å². The minimum absolute atomic E-state index is 0.0688. The normalized spacial score (nSPS) is 11.8. The molecule has 0 radical (unpaired) electrons. The van der Waals surface area contributed by atoms with Crippen molar-refractivity contribution >= 4 is 17.7 Å². The Hall–Kier alpha value is -3.35. The third kappa shape index (κ3) is 4.14. The summed E-state index contributed by atoms with van der Waals surface area (Å²) in [7, 11) is 1.87. The zero-order valence-corrected chi connectivity index (χ0v) is 15.3. The Morgan fingerprint density at radius 3 is 2.46 bits per heavy atom. The number of para-hydroxylation sites is 1. The molecule has 144 valence electrons. The van der Waals surface area contributed by atoms with E-state index in [1.807, 2.05) is 30.7 Å². The fourth-order valence-corrected chi connectivity index (χ4v) is 2.81. The van der Waals surface area contributed by atoms with Crippen LogP contribution in [-0.2, 0) is 18.0 Å². The highest BCUT2D eigenvalue weighted by Gasteiger charge is 2.32. The molecule has 1 heterocycles. The minimum atomic E-state index is -4.48. The van der Waals surface area contributed by atoms with E-state index >= 15 is 0 Å². The van der Waals surface area contributed by atoms with E-state index in [0.29, 0.717) is 5.69 Å². The van der Waals surface area contributed by atoms with Gasteiger partial charge in [-0.05, 0) is 30.7 Å². The van der Waals surface area contributed by atoms with E-state index in [1.54, 1.807) is 18.3 Å². The highest BCUT2D eigenvalue weighted by atomic mass is 19.4. The lowest BCUT2D eigenvalue weighted by Gasteiger charge is -2.11. The number of nitrogens with one attached hydrogen (secondary N) is 1. The first-order valence-electron chi connectivity index (χ1n) is 8.50. The second-order valence-corrected chi connectivity index (χ2v) is 6.20. The van der Waals surface area contributed by atoms with Crippen LogP contribution < -0.4 is 5.32 Å². The summed E-state index contributed by atoms with van der Waals surface area (Å²) >= 11 is 0. The number of nitrogens with zero attached hydrogens (tertiary/aromatic N) is 2. The third-order valence-corrected chi connectivity index (χ3v) is 4.36. The molecule has 0 bridgehead atoms. The first kappa shape index (κ1) is 19.4. The zero-order valence-electron chi connectivity index (χ0n) is 15.3. The number of amides is 1. The summed E-state index contributed by atoms with van der Waals surface area (Å²) in [6.45, 7) is 1.87. The number of aryl methyl sites for hydroxylation is 1. The molecule has 0 saturated heterocycles. The lowest BCUT2D eigenvalue weighted by atomic mass is 10.1. The Kier molecular flexibility index (Phi) is 5.35. The van der Waals surface area contributed by atoms with Crippen molar-refractivity contribution < 1.29 is 18.0 Å². The molecule has 0 unspecified atom stereocenters. The van der Waals surface area contributed by atoms with E-state index in [2.05, 4.69) is 10.3 Å². The van der Waals surface area contributed by atoms with Crippen molar-refractivity contribution in [2.45, 2.75) is 13.1 Å². The van der Waals surface area contributed by atoms with Gasteiger partial charge in [0.2, 0.25) is 5.91 Å². The number of hydrogen-bond acceptors (Lipinski definition) is 2. The first-order chi connectivity index (χ1) is 13.3. The van der Waals surface area contributed by atoms with Crippen LogP contribution in [0.3, 0.4) is 0 Å². The second kappa shape index (κ2) is 7.72. The Bertz CT molecular complexity index is 1040. The van der Waals surface area contributed by atoms with Crippen molar-refractivity contribution in [2.75, 3.05) is 5.32 Å². The quantitative estimate of drug-likeness (QED) is 0.638. The van der Waals surface area contributed by atoms with Gasteiger partial charge in [-0.15, -0.1) is 0 Å². The van der Waals surface area contributed by atoms with Gasteiger partial charge < -0.3 is 9.88 Å². The number of carbonyl (C=O) groups excluding carboxylic acids is 1. The monoisotopic (exact) mass is 385 g/mol. The van der Waals surface area contributed by atoms with Crippen LogP contribution >= 0.6 is 0 Å². The molecule has 0 atom stereocenters. The van der Waals surface area contributed by atoms with Crippen LogP contribution in [0.4, 0.5) is 18.9 Å². The van der Waals surface area contributed by atoms with E-state index < -0.39 is 17.6 Å². The van der Waals surface area contributed by atoms with Crippen LogP contribution in [0.1, 0.15) is 17.0 Å². The fraction of sp³-hybridized carbons (Fsp3) is 0.143. The van der Waals surface area contributed by atoms with Gasteiger partial charge in [-0.25, -0.2) is 4.98 Å². The van der Waals surface area contributed by atoms with Crippen molar-refractivity contribution in [3.8, 4) is 11.3 Å². The van der Waals surface area contributed by atoms with E-state index in [1.165, 1.54) is 18.2 Å². The number of aromatic nitrogens is 2. The fourth-order valence-electron chi connectivity index (χ4n) is 2.81. The third-order valence-electron chi connectivity index (χ3n) is 4.36. The number of halogens is 3. The second-order valence-electron chi connectivity index (χ2n) is 6.20. The standard InChI is InChI=1S/C21H18F3N3O/c1-14-25-13-19(27(14)2)16-8-4-6-10-18(16)26-20(28)12-11-15-7-3-5-9-17(15)21(22,23)24/h3-13H,1-2H3,(H,26,28). The maximum absolute atomic E-state index is 13.1. The molecular formula is C21H18F3N3O. The first-order valence-corrected chi connectivity index (χ1v) is 8.50. The van der Waals surface area contributed by atoms with Crippen molar-refractivity contribution in [1.29, 1.82) is 0 Å². The number of carbonyl (C=O) groups is 1. The highest BCUT2D eigenvalue weighted by Crippen LogP contribution is 2.32. The molecule has 0 saturated carbocycles. The molecule has 7 heteroatoms. The maximum atomic E-state index is 13.1. The van der Waals surface area contributed by atoms with Gasteiger partial charge in [0.05, 0.1) is 23.1 Å². The van der Waals surface area contributed by atoms with Gasteiger partial charge >= 0.3 is 6.18 Å². The van der Waals surface area contributed by atoms with Gasteiger partial charge in [-0.1, -0.05) is 36.4 Å². The molecule has 0 aliphatic heterocycles. The Labute approximate surface area is 160 Å². The van der Waals surface area contributed by atoms with Crippen molar-refractivity contribution in [3.05, 3.63) is 77.8 Å². The molecule has 0 spiro atoms. The molecule has 1 amide bonds. The van der Waals surface area contributed by atoms with Crippen molar-refractivity contribution in [3.63, 3.8) is 0 Å². The van der Waals surface area contributed by atoms with Crippen LogP contribution in [0, 0.1) is 6.92 Å². The average Bonchev–Trinajstić information content (AvgIpc) is 2.99. The average molecular weight is 385 g/mol. The number of imidazole rings is 1. The summed E-state index contributed by atoms with van der Waals surface area (Å²) in [6, 6.07) is 12.3. The molecule has 3 rings (SSSR count). The number of benzene rings is 2. The van der Waals surface area contributed by atoms with Gasteiger partial charge in [0.25, 0.3) is 0 Å². The molecule has 28 heavy (non-hydrogen) atoms. The molecular weight excluding hydrogens is 367 g/mol. The molecule has 2 aromatic carbocycles. The summed E-state index contributed by atoms with van der Waals surface area (Å²) in [5.41, 5.74) is 1.28. The van der Waals surface area contributed by atoms with Crippen LogP contribution in [0.15, 0.2) is 60.8 Å². The lowest BCUT2D eigenvalue weighted by Crippen LogP contribution is -2.10. The zero-order chi connectivity index (χ0) is 20.3. The van der Waals surface area contributed by atoms with Crippen LogP contribution in [0.2, 0.25) is 0 Å². The molecule has 0 aliphatic carbocycles. The largest absolute Gasteiger partial charge is 0.416 e. The summed E-state index contributed by atoms with van der Waals surface area (Å²) in [6.07, 6.45) is -0.526. The van der Waals surface area contributed by atoms with Gasteiger partial charge in [-0.3, -0.25) is 4.79 Å². The number of rotatable bonds is 4. The predicted molar refractivity (Wildman–Crippen MR) is 102 cm³/mol. The van der Waals surface area contributed by atoms with Crippen LogP contribution in [0.25, 0.3) is 17.3 Å². The van der Waals surface area contributed by atoms with E-state index in [-0.39, 0.29) is 5.56 Å². The summed E-state index contributed by atoms with van der Waals surface area (Å²) in [5.74, 6) is 0.295. The van der Waals surface area contributed by atoms with Crippen molar-refractivity contribution in [1.82, 2.24) is 9.55 Å². The van der Waals surface area contributed by atoms with Gasteiger partial charge in [-0.2, -0.15) is 13.2 Å². The molecule has 0 aliphatic rings. The SMILES string of the molecule is Cc1ncc(-c2ccccc2NC(=O)C=Cc2ccccc2C(F)(F)F)n1C. The van der Waals surface area contributed by atoms with Crippen LogP contribution in [0.5, 0.6) is 0 Å². The minimum Gasteiger partial charge on any atom is -0.331 e. The molecule has 0 fully saturated rings. The van der Waals surface area contributed by atoms with E-state index in [0.717, 1.165) is 35.3 Å². The van der Waals surface area contributed by atoms with Gasteiger partial charge in [0.1, 0.15) is 5.82 Å². The molecule has 1 N–H and O–H groups in total. The predicted octanol–water partition coefficient (Wildman–Crippen LogP) is 5.07. The van der Waals surface area contributed by atoms with E-state index in [4.69, 9.17) is 0 Å². The number of anilines is 1. The maximum Gasteiger partial charge on any atom is 0.416 e. The number of hydrogen-bond donors (Lipinski definition) is 1. The van der Waals surface area contributed by atoms with Gasteiger partial charge in [0, 0.05) is 18.7 Å². The van der Waals surface area contributed by atoms with E-state index in [9.17, 15) is 18.0 Å². The number of alkyl halides is 3. The Morgan fingerprint density at radius 1 is 1.11 bits per heavy atom. The summed E-state index contributed by atoms with van der Waals surface area (Å²) < 4.78 is 41.1. The Balaban J connectivity index is 1.84. The molecule has 4 nitrogen and oxygen atoms in total. The summed E-state index contributed by atoms with van der Waals surface area (Å²) in [4.78, 5) is 16.6. The molecule has 1 aromatic heterocycles. The van der Waals surface area contributed by atoms with Crippen molar-refractivity contribution in [2.24, 2.45) is 7.05 Å². The smallest absolute Gasteiger partial charge is 0.331 e. The highest BCUT2D eigenvalue weighted by molar-refractivity contribution is 6.04.